The van der Waals surface area contributed by atoms with Gasteiger partial charge in [-0.2, -0.15) is 0 Å². The predicted octanol–water partition coefficient (Wildman–Crippen LogP) is 4.20. The van der Waals surface area contributed by atoms with Crippen LogP contribution in [0.15, 0.2) is 42.5 Å². The van der Waals surface area contributed by atoms with Gasteiger partial charge in [-0.1, -0.05) is 41.4 Å². The molecule has 0 fully saturated rings. The Morgan fingerprint density at radius 3 is 2.22 bits per heavy atom. The molecule has 0 N–H and O–H groups in total. The van der Waals surface area contributed by atoms with Crippen molar-refractivity contribution in [3.63, 3.8) is 0 Å². The van der Waals surface area contributed by atoms with Crippen LogP contribution in [0.3, 0.4) is 0 Å². The molecule has 2 aromatic rings. The molecule has 0 aromatic heterocycles. The number of rotatable bonds is 5. The van der Waals surface area contributed by atoms with Crippen molar-refractivity contribution in [2.75, 3.05) is 13.6 Å². The van der Waals surface area contributed by atoms with E-state index in [1.54, 1.807) is 54.4 Å². The molecule has 2 aromatic carbocycles. The van der Waals surface area contributed by atoms with E-state index < -0.39 is 0 Å². The molecule has 0 radical (unpaired) electrons. The van der Waals surface area contributed by atoms with Gasteiger partial charge in [-0.05, 0) is 36.8 Å². The van der Waals surface area contributed by atoms with E-state index in [4.69, 9.17) is 23.2 Å². The van der Waals surface area contributed by atoms with Gasteiger partial charge in [0.1, 0.15) is 0 Å². The third kappa shape index (κ3) is 3.70. The van der Waals surface area contributed by atoms with E-state index in [0.717, 1.165) is 10.5 Å². The number of carbonyl (C=O) groups is 3. The van der Waals surface area contributed by atoms with E-state index >= 15 is 0 Å². The molecule has 1 heterocycles. The molecule has 0 bridgehead atoms. The fourth-order valence-electron chi connectivity index (χ4n) is 3.09. The summed E-state index contributed by atoms with van der Waals surface area (Å²) in [6.07, 6.45) is 0.0392. The van der Waals surface area contributed by atoms with Crippen LogP contribution < -0.4 is 0 Å². The summed E-state index contributed by atoms with van der Waals surface area (Å²) in [5.74, 6) is -0.912. The maximum absolute atomic E-state index is 12.6. The quantitative estimate of drug-likeness (QED) is 0.701. The molecule has 0 saturated carbocycles. The maximum atomic E-state index is 12.6. The molecule has 3 rings (SSSR count). The standard InChI is InChI=1S/C20H18Cl2N2O3/c1-12(14-8-7-13(21)11-17(14)22)23(2)18(25)9-10-24-19(26)15-5-3-4-6-16(15)20(24)27/h3-8,11-12H,9-10H2,1-2H3. The minimum atomic E-state index is -0.361. The number of hydrogen-bond acceptors (Lipinski definition) is 3. The van der Waals surface area contributed by atoms with Gasteiger partial charge in [0.15, 0.2) is 0 Å². The Labute approximate surface area is 167 Å². The fourth-order valence-corrected chi connectivity index (χ4v) is 3.66. The molecule has 1 aliphatic rings. The molecule has 1 atom stereocenters. The Hall–Kier alpha value is -2.37. The van der Waals surface area contributed by atoms with Gasteiger partial charge in [0, 0.05) is 30.1 Å². The van der Waals surface area contributed by atoms with Crippen molar-refractivity contribution in [3.05, 3.63) is 69.2 Å². The third-order valence-corrected chi connectivity index (χ3v) is 5.38. The summed E-state index contributed by atoms with van der Waals surface area (Å²) >= 11 is 12.1. The van der Waals surface area contributed by atoms with E-state index in [1.807, 2.05) is 6.92 Å². The molecule has 7 heteroatoms. The summed E-state index contributed by atoms with van der Waals surface area (Å²) in [6, 6.07) is 11.5. The van der Waals surface area contributed by atoms with Crippen LogP contribution in [0, 0.1) is 0 Å². The van der Waals surface area contributed by atoms with Gasteiger partial charge in [0.05, 0.1) is 17.2 Å². The Bertz CT molecular complexity index is 894. The summed E-state index contributed by atoms with van der Waals surface area (Å²) in [4.78, 5) is 40.0. The van der Waals surface area contributed by atoms with Crippen molar-refractivity contribution in [3.8, 4) is 0 Å². The fraction of sp³-hybridized carbons (Fsp3) is 0.250. The zero-order valence-corrected chi connectivity index (χ0v) is 16.4. The van der Waals surface area contributed by atoms with Crippen molar-refractivity contribution in [2.24, 2.45) is 0 Å². The van der Waals surface area contributed by atoms with Crippen molar-refractivity contribution in [1.82, 2.24) is 9.80 Å². The maximum Gasteiger partial charge on any atom is 0.261 e. The van der Waals surface area contributed by atoms with Gasteiger partial charge in [-0.15, -0.1) is 0 Å². The number of nitrogens with zero attached hydrogens (tertiary/aromatic N) is 2. The van der Waals surface area contributed by atoms with E-state index in [-0.39, 0.29) is 36.7 Å². The van der Waals surface area contributed by atoms with Gasteiger partial charge in [-0.3, -0.25) is 19.3 Å². The van der Waals surface area contributed by atoms with E-state index in [1.165, 1.54) is 0 Å². The topological polar surface area (TPSA) is 57.7 Å². The summed E-state index contributed by atoms with van der Waals surface area (Å²) in [6.45, 7) is 1.89. The molecule has 27 heavy (non-hydrogen) atoms. The lowest BCUT2D eigenvalue weighted by Crippen LogP contribution is -2.36. The van der Waals surface area contributed by atoms with E-state index in [0.29, 0.717) is 21.2 Å². The van der Waals surface area contributed by atoms with Crippen molar-refractivity contribution < 1.29 is 14.4 Å². The Morgan fingerprint density at radius 2 is 1.67 bits per heavy atom. The SMILES string of the molecule is CC(c1ccc(Cl)cc1Cl)N(C)C(=O)CCN1C(=O)c2ccccc2C1=O. The van der Waals surface area contributed by atoms with E-state index in [2.05, 4.69) is 0 Å². The average Bonchev–Trinajstić information content (AvgIpc) is 2.89. The molecule has 1 aliphatic heterocycles. The highest BCUT2D eigenvalue weighted by Crippen LogP contribution is 2.29. The summed E-state index contributed by atoms with van der Waals surface area (Å²) < 4.78 is 0. The van der Waals surface area contributed by atoms with Gasteiger partial charge in [0.2, 0.25) is 5.91 Å². The molecule has 3 amide bonds. The zero-order chi connectivity index (χ0) is 19.7. The van der Waals surface area contributed by atoms with Crippen LogP contribution in [0.5, 0.6) is 0 Å². The second kappa shape index (κ2) is 7.71. The molecule has 0 aliphatic carbocycles. The highest BCUT2D eigenvalue weighted by atomic mass is 35.5. The number of carbonyl (C=O) groups excluding carboxylic acids is 3. The first kappa shape index (κ1) is 19.4. The summed E-state index contributed by atoms with van der Waals surface area (Å²) in [5.41, 5.74) is 1.53. The Balaban J connectivity index is 1.66. The van der Waals surface area contributed by atoms with Crippen molar-refractivity contribution in [1.29, 1.82) is 0 Å². The molecule has 140 valence electrons. The van der Waals surface area contributed by atoms with Gasteiger partial charge >= 0.3 is 0 Å². The number of amides is 3. The normalized spacial score (nSPS) is 14.3. The molecule has 0 spiro atoms. The number of benzene rings is 2. The van der Waals surface area contributed by atoms with Gasteiger partial charge in [-0.25, -0.2) is 0 Å². The first-order valence-corrected chi connectivity index (χ1v) is 9.22. The number of hydrogen-bond donors (Lipinski definition) is 0. The van der Waals surface area contributed by atoms with Gasteiger partial charge in [0.25, 0.3) is 11.8 Å². The summed E-state index contributed by atoms with van der Waals surface area (Å²) in [7, 11) is 1.67. The average molecular weight is 405 g/mol. The van der Waals surface area contributed by atoms with Crippen LogP contribution in [0.1, 0.15) is 45.7 Å². The predicted molar refractivity (Wildman–Crippen MR) is 104 cm³/mol. The monoisotopic (exact) mass is 404 g/mol. The Morgan fingerprint density at radius 1 is 1.07 bits per heavy atom. The first-order chi connectivity index (χ1) is 12.8. The lowest BCUT2D eigenvalue weighted by Gasteiger charge is -2.27. The lowest BCUT2D eigenvalue weighted by molar-refractivity contribution is -0.131. The third-order valence-electron chi connectivity index (χ3n) is 4.81. The van der Waals surface area contributed by atoms with Crippen LogP contribution in [0.4, 0.5) is 0 Å². The number of halogens is 2. The largest absolute Gasteiger partial charge is 0.339 e. The minimum absolute atomic E-state index is 0.0383. The minimum Gasteiger partial charge on any atom is -0.339 e. The second-order valence-electron chi connectivity index (χ2n) is 6.40. The van der Waals surface area contributed by atoms with E-state index in [9.17, 15) is 14.4 Å². The highest BCUT2D eigenvalue weighted by Gasteiger charge is 2.35. The first-order valence-electron chi connectivity index (χ1n) is 8.47. The molecule has 5 nitrogen and oxygen atoms in total. The Kier molecular flexibility index (Phi) is 5.53. The number of imide groups is 1. The zero-order valence-electron chi connectivity index (χ0n) is 14.9. The molecular weight excluding hydrogens is 387 g/mol. The van der Waals surface area contributed by atoms with Crippen LogP contribution in [-0.2, 0) is 4.79 Å². The highest BCUT2D eigenvalue weighted by molar-refractivity contribution is 6.35. The number of fused-ring (bicyclic) bond motifs is 1. The summed E-state index contributed by atoms with van der Waals surface area (Å²) in [5, 5.41) is 1.01. The smallest absolute Gasteiger partial charge is 0.261 e. The molecule has 1 unspecified atom stereocenters. The van der Waals surface area contributed by atoms with Crippen LogP contribution in [0.2, 0.25) is 10.0 Å². The van der Waals surface area contributed by atoms with Gasteiger partial charge < -0.3 is 4.90 Å². The lowest BCUT2D eigenvalue weighted by atomic mass is 10.1. The van der Waals surface area contributed by atoms with Crippen molar-refractivity contribution in [2.45, 2.75) is 19.4 Å². The molecule has 0 saturated heterocycles. The second-order valence-corrected chi connectivity index (χ2v) is 7.25. The molecular formula is C20H18Cl2N2O3. The van der Waals surface area contributed by atoms with Crippen LogP contribution in [0.25, 0.3) is 0 Å². The van der Waals surface area contributed by atoms with Crippen LogP contribution in [-0.4, -0.2) is 41.1 Å². The van der Waals surface area contributed by atoms with Crippen LogP contribution >= 0.6 is 23.2 Å². The van der Waals surface area contributed by atoms with Crippen molar-refractivity contribution >= 4 is 40.9 Å².